The summed E-state index contributed by atoms with van der Waals surface area (Å²) in [6, 6.07) is 5.78. The molecule has 88 valence electrons. The Hall–Kier alpha value is -1.51. The van der Waals surface area contributed by atoms with Crippen LogP contribution in [-0.2, 0) is 4.79 Å². The highest BCUT2D eigenvalue weighted by atomic mass is 16.1. The van der Waals surface area contributed by atoms with Crippen LogP contribution in [0.3, 0.4) is 0 Å². The van der Waals surface area contributed by atoms with Gasteiger partial charge < -0.3 is 11.1 Å². The lowest BCUT2D eigenvalue weighted by atomic mass is 10.0. The molecule has 0 aliphatic heterocycles. The normalized spacial score (nSPS) is 12.6. The summed E-state index contributed by atoms with van der Waals surface area (Å²) in [6.07, 6.45) is 0. The van der Waals surface area contributed by atoms with Crippen molar-refractivity contribution in [2.75, 3.05) is 5.32 Å². The molecule has 1 amide bonds. The number of hydrogen-bond donors (Lipinski definition) is 2. The molecule has 0 saturated heterocycles. The number of carbonyl (C=O) groups is 1. The molecule has 1 rings (SSSR count). The second kappa shape index (κ2) is 5.01. The lowest BCUT2D eigenvalue weighted by Crippen LogP contribution is -2.39. The molecule has 3 nitrogen and oxygen atoms in total. The summed E-state index contributed by atoms with van der Waals surface area (Å²) in [5, 5.41) is 3.20. The molecule has 0 aliphatic rings. The average Bonchev–Trinajstić information content (AvgIpc) is 2.15. The average molecular weight is 220 g/mol. The van der Waals surface area contributed by atoms with Gasteiger partial charge in [0.05, 0.1) is 0 Å². The van der Waals surface area contributed by atoms with Crippen molar-refractivity contribution in [3.05, 3.63) is 29.3 Å². The molecule has 3 N–H and O–H groups in total. The van der Waals surface area contributed by atoms with Crippen molar-refractivity contribution in [2.45, 2.75) is 33.7 Å². The first-order valence-corrected chi connectivity index (χ1v) is 5.55. The van der Waals surface area contributed by atoms with Crippen LogP contribution >= 0.6 is 0 Å². The van der Waals surface area contributed by atoms with Gasteiger partial charge in [-0.2, -0.15) is 0 Å². The second-order valence-electron chi connectivity index (χ2n) is 4.59. The predicted molar refractivity (Wildman–Crippen MR) is 67.4 cm³/mol. The fourth-order valence-corrected chi connectivity index (χ4v) is 1.71. The van der Waals surface area contributed by atoms with Gasteiger partial charge in [0.2, 0.25) is 5.91 Å². The number of nitrogens with one attached hydrogen (secondary N) is 1. The molecule has 0 saturated carbocycles. The van der Waals surface area contributed by atoms with Gasteiger partial charge >= 0.3 is 0 Å². The third-order valence-electron chi connectivity index (χ3n) is 2.67. The standard InChI is InChI=1S/C13H20N2O/c1-8(2)12(13(14)16)15-11-6-5-9(3)7-10(11)4/h5-8,12,15H,1-4H3,(H2,14,16). The van der Waals surface area contributed by atoms with E-state index in [1.807, 2.05) is 39.8 Å². The number of amides is 1. The van der Waals surface area contributed by atoms with Crippen LogP contribution in [0.15, 0.2) is 18.2 Å². The molecule has 0 fully saturated rings. The van der Waals surface area contributed by atoms with E-state index in [1.54, 1.807) is 0 Å². The van der Waals surface area contributed by atoms with Crippen molar-refractivity contribution < 1.29 is 4.79 Å². The third kappa shape index (κ3) is 2.99. The second-order valence-corrected chi connectivity index (χ2v) is 4.59. The van der Waals surface area contributed by atoms with E-state index in [0.717, 1.165) is 11.3 Å². The first-order valence-electron chi connectivity index (χ1n) is 5.55. The first kappa shape index (κ1) is 12.6. The highest BCUT2D eigenvalue weighted by Crippen LogP contribution is 2.18. The summed E-state index contributed by atoms with van der Waals surface area (Å²) in [5.41, 5.74) is 8.68. The van der Waals surface area contributed by atoms with Crippen LogP contribution in [0, 0.1) is 19.8 Å². The number of nitrogens with two attached hydrogens (primary N) is 1. The van der Waals surface area contributed by atoms with E-state index in [4.69, 9.17) is 5.73 Å². The van der Waals surface area contributed by atoms with Gasteiger partial charge in [0.25, 0.3) is 0 Å². The summed E-state index contributed by atoms with van der Waals surface area (Å²) >= 11 is 0. The van der Waals surface area contributed by atoms with E-state index in [1.165, 1.54) is 5.56 Å². The van der Waals surface area contributed by atoms with E-state index in [9.17, 15) is 4.79 Å². The first-order chi connectivity index (χ1) is 7.41. The van der Waals surface area contributed by atoms with Crippen LogP contribution in [0.4, 0.5) is 5.69 Å². The minimum absolute atomic E-state index is 0.179. The Labute approximate surface area is 97.0 Å². The molecular weight excluding hydrogens is 200 g/mol. The summed E-state index contributed by atoms with van der Waals surface area (Å²) in [7, 11) is 0. The Balaban J connectivity index is 2.90. The zero-order valence-electron chi connectivity index (χ0n) is 10.4. The van der Waals surface area contributed by atoms with Crippen molar-refractivity contribution >= 4 is 11.6 Å². The van der Waals surface area contributed by atoms with Gasteiger partial charge in [0.15, 0.2) is 0 Å². The molecule has 1 aromatic carbocycles. The molecule has 0 aliphatic carbocycles. The molecule has 0 radical (unpaired) electrons. The maximum Gasteiger partial charge on any atom is 0.240 e. The van der Waals surface area contributed by atoms with Crippen molar-refractivity contribution in [1.82, 2.24) is 0 Å². The molecule has 1 aromatic rings. The molecule has 0 bridgehead atoms. The zero-order valence-corrected chi connectivity index (χ0v) is 10.4. The van der Waals surface area contributed by atoms with Crippen LogP contribution in [0.1, 0.15) is 25.0 Å². The third-order valence-corrected chi connectivity index (χ3v) is 2.67. The van der Waals surface area contributed by atoms with Gasteiger partial charge in [0, 0.05) is 5.69 Å². The van der Waals surface area contributed by atoms with Crippen LogP contribution in [0.25, 0.3) is 0 Å². The number of aryl methyl sites for hydroxylation is 2. The van der Waals surface area contributed by atoms with Crippen molar-refractivity contribution in [2.24, 2.45) is 11.7 Å². The molecule has 16 heavy (non-hydrogen) atoms. The van der Waals surface area contributed by atoms with E-state index in [0.29, 0.717) is 0 Å². The van der Waals surface area contributed by atoms with Crippen LogP contribution in [0.2, 0.25) is 0 Å². The van der Waals surface area contributed by atoms with Crippen molar-refractivity contribution in [3.63, 3.8) is 0 Å². The Morgan fingerprint density at radius 2 is 1.94 bits per heavy atom. The minimum Gasteiger partial charge on any atom is -0.373 e. The molecular formula is C13H20N2O. The van der Waals surface area contributed by atoms with Gasteiger partial charge in [0.1, 0.15) is 6.04 Å². The number of primary amides is 1. The van der Waals surface area contributed by atoms with E-state index in [-0.39, 0.29) is 17.9 Å². The fourth-order valence-electron chi connectivity index (χ4n) is 1.71. The summed E-state index contributed by atoms with van der Waals surface area (Å²) in [6.45, 7) is 8.02. The van der Waals surface area contributed by atoms with E-state index in [2.05, 4.69) is 11.4 Å². The SMILES string of the molecule is Cc1ccc(NC(C(N)=O)C(C)C)c(C)c1. The van der Waals surface area contributed by atoms with E-state index >= 15 is 0 Å². The maximum absolute atomic E-state index is 11.3. The number of benzene rings is 1. The lowest BCUT2D eigenvalue weighted by Gasteiger charge is -2.21. The smallest absolute Gasteiger partial charge is 0.240 e. The fraction of sp³-hybridized carbons (Fsp3) is 0.462. The van der Waals surface area contributed by atoms with E-state index < -0.39 is 0 Å². The quantitative estimate of drug-likeness (QED) is 0.817. The Morgan fingerprint density at radius 1 is 1.31 bits per heavy atom. The largest absolute Gasteiger partial charge is 0.373 e. The van der Waals surface area contributed by atoms with Gasteiger partial charge in [-0.3, -0.25) is 4.79 Å². The minimum atomic E-state index is -0.318. The molecule has 0 aromatic heterocycles. The van der Waals surface area contributed by atoms with Gasteiger partial charge in [-0.25, -0.2) is 0 Å². The summed E-state index contributed by atoms with van der Waals surface area (Å²) < 4.78 is 0. The number of carbonyl (C=O) groups excluding carboxylic acids is 1. The number of anilines is 1. The predicted octanol–water partition coefficient (Wildman–Crippen LogP) is 2.23. The zero-order chi connectivity index (χ0) is 12.3. The van der Waals surface area contributed by atoms with Crippen LogP contribution in [-0.4, -0.2) is 11.9 Å². The molecule has 1 unspecified atom stereocenters. The Bertz CT molecular complexity index is 386. The van der Waals surface area contributed by atoms with Gasteiger partial charge in [-0.15, -0.1) is 0 Å². The van der Waals surface area contributed by atoms with Crippen molar-refractivity contribution in [3.8, 4) is 0 Å². The van der Waals surface area contributed by atoms with Crippen LogP contribution in [0.5, 0.6) is 0 Å². The summed E-state index contributed by atoms with van der Waals surface area (Å²) in [5.74, 6) is -0.131. The molecule has 1 atom stereocenters. The molecule has 0 heterocycles. The van der Waals surface area contributed by atoms with Gasteiger partial charge in [-0.05, 0) is 31.4 Å². The topological polar surface area (TPSA) is 55.1 Å². The Kier molecular flexibility index (Phi) is 3.93. The highest BCUT2D eigenvalue weighted by molar-refractivity contribution is 5.83. The van der Waals surface area contributed by atoms with Crippen molar-refractivity contribution in [1.29, 1.82) is 0 Å². The monoisotopic (exact) mass is 220 g/mol. The summed E-state index contributed by atoms with van der Waals surface area (Å²) in [4.78, 5) is 11.3. The highest BCUT2D eigenvalue weighted by Gasteiger charge is 2.19. The lowest BCUT2D eigenvalue weighted by molar-refractivity contribution is -0.119. The van der Waals surface area contributed by atoms with Crippen LogP contribution < -0.4 is 11.1 Å². The maximum atomic E-state index is 11.3. The Morgan fingerprint density at radius 3 is 2.38 bits per heavy atom. The van der Waals surface area contributed by atoms with Gasteiger partial charge in [-0.1, -0.05) is 31.5 Å². The number of rotatable bonds is 4. The molecule has 0 spiro atoms. The number of hydrogen-bond acceptors (Lipinski definition) is 2. The molecule has 3 heteroatoms.